The van der Waals surface area contributed by atoms with Crippen molar-refractivity contribution in [2.75, 3.05) is 13.2 Å². The van der Waals surface area contributed by atoms with Crippen molar-refractivity contribution in [1.29, 1.82) is 0 Å². The van der Waals surface area contributed by atoms with Gasteiger partial charge >= 0.3 is 0 Å². The maximum atomic E-state index is 14.6. The van der Waals surface area contributed by atoms with E-state index < -0.39 is 11.6 Å². The molecule has 1 aliphatic rings. The van der Waals surface area contributed by atoms with E-state index in [4.69, 9.17) is 9.47 Å². The van der Waals surface area contributed by atoms with Crippen LogP contribution in [0.2, 0.25) is 0 Å². The minimum atomic E-state index is -0.910. The van der Waals surface area contributed by atoms with Crippen LogP contribution >= 0.6 is 0 Å². The van der Waals surface area contributed by atoms with Gasteiger partial charge in [-0.2, -0.15) is 4.39 Å². The molecule has 1 aliphatic carbocycles. The minimum absolute atomic E-state index is 0.00388. The molecule has 2 nitrogen and oxygen atoms in total. The summed E-state index contributed by atoms with van der Waals surface area (Å²) < 4.78 is 40.2. The lowest BCUT2D eigenvalue weighted by molar-refractivity contribution is 0.234. The molecule has 152 valence electrons. The van der Waals surface area contributed by atoms with E-state index in [1.54, 1.807) is 30.3 Å². The summed E-state index contributed by atoms with van der Waals surface area (Å²) in [5, 5.41) is 0. The number of halogens is 2. The Morgan fingerprint density at radius 3 is 2.36 bits per heavy atom. The lowest BCUT2D eigenvalue weighted by Crippen LogP contribution is -2.10. The van der Waals surface area contributed by atoms with Crippen molar-refractivity contribution in [2.45, 2.75) is 52.4 Å². The fourth-order valence-electron chi connectivity index (χ4n) is 4.06. The zero-order valence-electron chi connectivity index (χ0n) is 16.8. The van der Waals surface area contributed by atoms with Gasteiger partial charge in [0, 0.05) is 5.56 Å². The van der Waals surface area contributed by atoms with Gasteiger partial charge in [0.05, 0.1) is 13.2 Å². The fourth-order valence-corrected chi connectivity index (χ4v) is 4.06. The molecule has 2 aromatic carbocycles. The Kier molecular flexibility index (Phi) is 7.30. The Morgan fingerprint density at radius 1 is 0.893 bits per heavy atom. The number of ether oxygens (including phenoxy) is 2. The van der Waals surface area contributed by atoms with Crippen molar-refractivity contribution in [2.24, 2.45) is 11.8 Å². The van der Waals surface area contributed by atoms with E-state index >= 15 is 0 Å². The lowest BCUT2D eigenvalue weighted by atomic mass is 9.99. The van der Waals surface area contributed by atoms with Crippen LogP contribution in [-0.4, -0.2) is 13.2 Å². The number of unbranched alkanes of at least 4 members (excludes halogenated alkanes) is 1. The Bertz CT molecular complexity index is 758. The smallest absolute Gasteiger partial charge is 0.201 e. The average molecular weight is 388 g/mol. The first kappa shape index (κ1) is 20.6. The number of hydrogen-bond acceptors (Lipinski definition) is 2. The molecule has 0 bridgehead atoms. The summed E-state index contributed by atoms with van der Waals surface area (Å²) in [6.45, 7) is 5.14. The van der Waals surface area contributed by atoms with Gasteiger partial charge in [-0.1, -0.05) is 44.7 Å². The second-order valence-corrected chi connectivity index (χ2v) is 7.69. The summed E-state index contributed by atoms with van der Waals surface area (Å²) in [6, 6.07) is 10.1. The van der Waals surface area contributed by atoms with Crippen molar-refractivity contribution in [1.82, 2.24) is 0 Å². The molecule has 4 heteroatoms. The molecule has 2 atom stereocenters. The van der Waals surface area contributed by atoms with Crippen molar-refractivity contribution in [3.63, 3.8) is 0 Å². The highest BCUT2D eigenvalue weighted by atomic mass is 19.2. The van der Waals surface area contributed by atoms with E-state index in [0.29, 0.717) is 30.4 Å². The van der Waals surface area contributed by atoms with Crippen LogP contribution in [0.1, 0.15) is 52.4 Å². The molecule has 0 aliphatic heterocycles. The quantitative estimate of drug-likeness (QED) is 0.460. The first-order valence-electron chi connectivity index (χ1n) is 10.5. The van der Waals surface area contributed by atoms with Gasteiger partial charge in [-0.05, 0) is 61.4 Å². The van der Waals surface area contributed by atoms with Crippen molar-refractivity contribution < 1.29 is 18.3 Å². The molecule has 0 aromatic heterocycles. The minimum Gasteiger partial charge on any atom is -0.494 e. The van der Waals surface area contributed by atoms with Crippen LogP contribution in [0, 0.1) is 23.5 Å². The highest BCUT2D eigenvalue weighted by molar-refractivity contribution is 5.66. The molecular weight excluding hydrogens is 358 g/mol. The maximum Gasteiger partial charge on any atom is 0.201 e. The first-order chi connectivity index (χ1) is 13.6. The summed E-state index contributed by atoms with van der Waals surface area (Å²) >= 11 is 0. The zero-order chi connectivity index (χ0) is 19.9. The molecular formula is C24H30F2O2. The second kappa shape index (κ2) is 9.90. The summed E-state index contributed by atoms with van der Waals surface area (Å²) in [5.74, 6) is 0.137. The van der Waals surface area contributed by atoms with Gasteiger partial charge in [-0.15, -0.1) is 0 Å². The van der Waals surface area contributed by atoms with Crippen LogP contribution in [0.3, 0.4) is 0 Å². The topological polar surface area (TPSA) is 18.5 Å². The molecule has 0 N–H and O–H groups in total. The lowest BCUT2D eigenvalue weighted by Gasteiger charge is -2.14. The van der Waals surface area contributed by atoms with E-state index in [1.165, 1.54) is 31.7 Å². The fraction of sp³-hybridized carbons (Fsp3) is 0.500. The number of rotatable bonds is 9. The maximum absolute atomic E-state index is 14.6. The predicted octanol–water partition coefficient (Wildman–Crippen LogP) is 7.02. The molecule has 2 aromatic rings. The van der Waals surface area contributed by atoms with Gasteiger partial charge in [0.1, 0.15) is 5.75 Å². The highest BCUT2D eigenvalue weighted by Gasteiger charge is 2.25. The zero-order valence-corrected chi connectivity index (χ0v) is 16.8. The van der Waals surface area contributed by atoms with Gasteiger partial charge < -0.3 is 9.47 Å². The van der Waals surface area contributed by atoms with Crippen molar-refractivity contribution in [3.8, 4) is 22.6 Å². The average Bonchev–Trinajstić information content (AvgIpc) is 3.16. The molecule has 0 saturated heterocycles. The van der Waals surface area contributed by atoms with Gasteiger partial charge in [0.2, 0.25) is 5.82 Å². The standard InChI is InChI=1S/C24H30F2O2/c1-3-5-6-17-7-8-18(15-17)16-28-22-14-13-21(23(25)24(22)26)19-9-11-20(12-10-19)27-4-2/h9-14,17-18H,3-8,15-16H2,1-2H3. The van der Waals surface area contributed by atoms with Crippen LogP contribution in [0.5, 0.6) is 11.5 Å². The Labute approximate surface area is 166 Å². The molecule has 2 unspecified atom stereocenters. The molecule has 0 heterocycles. The third-order valence-corrected chi connectivity index (χ3v) is 5.61. The summed E-state index contributed by atoms with van der Waals surface area (Å²) in [4.78, 5) is 0. The summed E-state index contributed by atoms with van der Waals surface area (Å²) in [7, 11) is 0. The normalized spacial score (nSPS) is 19.0. The molecule has 0 amide bonds. The van der Waals surface area contributed by atoms with E-state index in [0.717, 1.165) is 18.8 Å². The predicted molar refractivity (Wildman–Crippen MR) is 109 cm³/mol. The van der Waals surface area contributed by atoms with Gasteiger partial charge in [0.15, 0.2) is 11.6 Å². The van der Waals surface area contributed by atoms with E-state index in [9.17, 15) is 8.78 Å². The third-order valence-electron chi connectivity index (χ3n) is 5.61. The van der Waals surface area contributed by atoms with Crippen LogP contribution < -0.4 is 9.47 Å². The third kappa shape index (κ3) is 5.03. The summed E-state index contributed by atoms with van der Waals surface area (Å²) in [6.07, 6.45) is 7.24. The number of hydrogen-bond donors (Lipinski definition) is 0. The van der Waals surface area contributed by atoms with E-state index in [2.05, 4.69) is 6.92 Å². The monoisotopic (exact) mass is 388 g/mol. The Morgan fingerprint density at radius 2 is 1.64 bits per heavy atom. The van der Waals surface area contributed by atoms with Gasteiger partial charge in [-0.3, -0.25) is 0 Å². The molecule has 1 saturated carbocycles. The SMILES string of the molecule is CCCCC1CCC(COc2ccc(-c3ccc(OCC)cc3)c(F)c2F)C1. The molecule has 0 spiro atoms. The molecule has 3 rings (SSSR count). The van der Waals surface area contributed by atoms with Gasteiger partial charge in [-0.25, -0.2) is 4.39 Å². The first-order valence-corrected chi connectivity index (χ1v) is 10.5. The molecule has 28 heavy (non-hydrogen) atoms. The molecule has 1 fully saturated rings. The van der Waals surface area contributed by atoms with Crippen LogP contribution in [0.15, 0.2) is 36.4 Å². The van der Waals surface area contributed by atoms with Crippen molar-refractivity contribution in [3.05, 3.63) is 48.0 Å². The Hall–Kier alpha value is -2.10. The van der Waals surface area contributed by atoms with Gasteiger partial charge in [0.25, 0.3) is 0 Å². The molecule has 0 radical (unpaired) electrons. The van der Waals surface area contributed by atoms with Crippen molar-refractivity contribution >= 4 is 0 Å². The highest BCUT2D eigenvalue weighted by Crippen LogP contribution is 2.36. The van der Waals surface area contributed by atoms with Crippen LogP contribution in [0.4, 0.5) is 8.78 Å². The van der Waals surface area contributed by atoms with E-state index in [-0.39, 0.29) is 11.3 Å². The number of benzene rings is 2. The van der Waals surface area contributed by atoms with Crippen LogP contribution in [0.25, 0.3) is 11.1 Å². The van der Waals surface area contributed by atoms with Crippen LogP contribution in [-0.2, 0) is 0 Å². The largest absolute Gasteiger partial charge is 0.494 e. The summed E-state index contributed by atoms with van der Waals surface area (Å²) in [5.41, 5.74) is 0.842. The Balaban J connectivity index is 1.62. The van der Waals surface area contributed by atoms with E-state index in [1.807, 2.05) is 6.92 Å². The second-order valence-electron chi connectivity index (χ2n) is 7.69.